The zero-order valence-electron chi connectivity index (χ0n) is 11.8. The van der Waals surface area contributed by atoms with E-state index in [0.29, 0.717) is 22.0 Å². The number of aromatic nitrogens is 1. The second-order valence-electron chi connectivity index (χ2n) is 5.17. The number of ether oxygens (including phenoxy) is 1. The second kappa shape index (κ2) is 5.11. The molecule has 2 aromatic carbocycles. The van der Waals surface area contributed by atoms with Crippen molar-refractivity contribution < 1.29 is 14.6 Å². The number of phenols is 1. The SMILES string of the molecule is O=C1C(=Cc2c(Cl)ncc3ccccc23)Oc2cc(O)ccc21. The molecule has 0 fully saturated rings. The van der Waals surface area contributed by atoms with E-state index in [1.165, 1.54) is 18.2 Å². The van der Waals surface area contributed by atoms with Gasteiger partial charge in [0.15, 0.2) is 5.76 Å². The average molecular weight is 324 g/mol. The minimum atomic E-state index is -0.246. The van der Waals surface area contributed by atoms with Crippen molar-refractivity contribution in [2.75, 3.05) is 0 Å². The third-order valence-corrected chi connectivity index (χ3v) is 4.02. The van der Waals surface area contributed by atoms with E-state index in [2.05, 4.69) is 4.98 Å². The third kappa shape index (κ3) is 2.24. The van der Waals surface area contributed by atoms with Crippen LogP contribution in [-0.2, 0) is 0 Å². The maximum Gasteiger partial charge on any atom is 0.231 e. The van der Waals surface area contributed by atoms with Gasteiger partial charge < -0.3 is 9.84 Å². The molecule has 4 rings (SSSR count). The number of hydrogen-bond donors (Lipinski definition) is 1. The summed E-state index contributed by atoms with van der Waals surface area (Å²) in [5.74, 6) is 0.294. The van der Waals surface area contributed by atoms with Crippen LogP contribution in [-0.4, -0.2) is 15.9 Å². The van der Waals surface area contributed by atoms with Gasteiger partial charge in [-0.15, -0.1) is 0 Å². The maximum absolute atomic E-state index is 12.4. The zero-order valence-corrected chi connectivity index (χ0v) is 12.5. The van der Waals surface area contributed by atoms with E-state index in [1.807, 2.05) is 24.3 Å². The van der Waals surface area contributed by atoms with Crippen molar-refractivity contribution in [3.63, 3.8) is 0 Å². The number of hydrogen-bond acceptors (Lipinski definition) is 4. The van der Waals surface area contributed by atoms with Gasteiger partial charge in [0.05, 0.1) is 5.56 Å². The van der Waals surface area contributed by atoms with Gasteiger partial charge in [-0.3, -0.25) is 4.79 Å². The summed E-state index contributed by atoms with van der Waals surface area (Å²) in [6.45, 7) is 0. The molecule has 0 atom stereocenters. The van der Waals surface area contributed by atoms with E-state index in [4.69, 9.17) is 16.3 Å². The number of fused-ring (bicyclic) bond motifs is 2. The van der Waals surface area contributed by atoms with Gasteiger partial charge >= 0.3 is 0 Å². The average Bonchev–Trinajstić information content (AvgIpc) is 2.85. The van der Waals surface area contributed by atoms with Gasteiger partial charge in [-0.05, 0) is 23.6 Å². The molecule has 0 saturated carbocycles. The van der Waals surface area contributed by atoms with Gasteiger partial charge in [-0.2, -0.15) is 0 Å². The van der Waals surface area contributed by atoms with Crippen LogP contribution in [0, 0.1) is 0 Å². The number of carbonyl (C=O) groups is 1. The van der Waals surface area contributed by atoms with Gasteiger partial charge in [-0.25, -0.2) is 4.98 Å². The van der Waals surface area contributed by atoms with Crippen molar-refractivity contribution in [3.05, 3.63) is 70.7 Å². The van der Waals surface area contributed by atoms with Crippen LogP contribution in [0.25, 0.3) is 16.8 Å². The Morgan fingerprint density at radius 3 is 2.87 bits per heavy atom. The quantitative estimate of drug-likeness (QED) is 0.538. The number of rotatable bonds is 1. The standard InChI is InChI=1S/C18H10ClNO3/c19-18-14(12-4-2-1-3-10(12)9-20-18)8-16-17(22)13-6-5-11(21)7-15(13)23-16/h1-9,21H. The van der Waals surface area contributed by atoms with Crippen LogP contribution in [0.2, 0.25) is 5.15 Å². The molecule has 4 nitrogen and oxygen atoms in total. The predicted octanol–water partition coefficient (Wildman–Crippen LogP) is 4.21. The minimum absolute atomic E-state index is 0.0441. The fraction of sp³-hybridized carbons (Fsp3) is 0. The van der Waals surface area contributed by atoms with Gasteiger partial charge in [0, 0.05) is 23.2 Å². The number of pyridine rings is 1. The van der Waals surface area contributed by atoms with Crippen LogP contribution in [0.1, 0.15) is 15.9 Å². The van der Waals surface area contributed by atoms with Gasteiger partial charge in [0.1, 0.15) is 16.7 Å². The number of allylic oxidation sites excluding steroid dienone is 1. The highest BCUT2D eigenvalue weighted by molar-refractivity contribution is 6.32. The lowest BCUT2D eigenvalue weighted by molar-refractivity contribution is 0.101. The molecule has 0 aliphatic carbocycles. The largest absolute Gasteiger partial charge is 0.508 e. The molecule has 1 aromatic heterocycles. The van der Waals surface area contributed by atoms with Gasteiger partial charge in [0.2, 0.25) is 5.78 Å². The monoisotopic (exact) mass is 323 g/mol. The number of aromatic hydroxyl groups is 1. The Bertz CT molecular complexity index is 995. The Morgan fingerprint density at radius 2 is 2.00 bits per heavy atom. The number of halogens is 1. The fourth-order valence-corrected chi connectivity index (χ4v) is 2.81. The molecule has 2 heterocycles. The molecule has 0 spiro atoms. The highest BCUT2D eigenvalue weighted by atomic mass is 35.5. The van der Waals surface area contributed by atoms with E-state index in [0.717, 1.165) is 10.8 Å². The predicted molar refractivity (Wildman–Crippen MR) is 87.8 cm³/mol. The molecule has 112 valence electrons. The number of benzene rings is 2. The van der Waals surface area contributed by atoms with Crippen molar-refractivity contribution >= 4 is 34.2 Å². The summed E-state index contributed by atoms with van der Waals surface area (Å²) in [6.07, 6.45) is 3.28. The molecule has 1 aliphatic rings. The Morgan fingerprint density at radius 1 is 1.17 bits per heavy atom. The van der Waals surface area contributed by atoms with E-state index in [9.17, 15) is 9.90 Å². The van der Waals surface area contributed by atoms with Crippen molar-refractivity contribution in [2.45, 2.75) is 0 Å². The molecular formula is C18H10ClNO3. The summed E-state index contributed by atoms with van der Waals surface area (Å²) < 4.78 is 5.57. The Hall–Kier alpha value is -2.85. The molecule has 0 saturated heterocycles. The summed E-state index contributed by atoms with van der Waals surface area (Å²) in [5.41, 5.74) is 1.04. The van der Waals surface area contributed by atoms with Crippen molar-refractivity contribution in [2.24, 2.45) is 0 Å². The second-order valence-corrected chi connectivity index (χ2v) is 5.53. The highest BCUT2D eigenvalue weighted by Crippen LogP contribution is 2.35. The van der Waals surface area contributed by atoms with Crippen LogP contribution >= 0.6 is 11.6 Å². The molecule has 3 aromatic rings. The van der Waals surface area contributed by atoms with Crippen LogP contribution in [0.15, 0.2) is 54.4 Å². The molecule has 23 heavy (non-hydrogen) atoms. The van der Waals surface area contributed by atoms with E-state index in [1.54, 1.807) is 12.3 Å². The first-order chi connectivity index (χ1) is 11.1. The number of Topliss-reactive ketones (excluding diaryl/α,β-unsaturated/α-hetero) is 1. The first-order valence-electron chi connectivity index (χ1n) is 6.94. The van der Waals surface area contributed by atoms with Gasteiger partial charge in [0.25, 0.3) is 0 Å². The highest BCUT2D eigenvalue weighted by Gasteiger charge is 2.28. The molecular weight excluding hydrogens is 314 g/mol. The first kappa shape index (κ1) is 13.8. The van der Waals surface area contributed by atoms with Crippen molar-refractivity contribution in [3.8, 4) is 11.5 Å². The number of nitrogens with zero attached hydrogens (tertiary/aromatic N) is 1. The van der Waals surface area contributed by atoms with E-state index < -0.39 is 0 Å². The smallest absolute Gasteiger partial charge is 0.231 e. The lowest BCUT2D eigenvalue weighted by Crippen LogP contribution is -1.99. The molecule has 0 bridgehead atoms. The Kier molecular flexibility index (Phi) is 3.06. The zero-order chi connectivity index (χ0) is 16.0. The summed E-state index contributed by atoms with van der Waals surface area (Å²) in [4.78, 5) is 16.6. The van der Waals surface area contributed by atoms with E-state index >= 15 is 0 Å². The molecule has 5 heteroatoms. The lowest BCUT2D eigenvalue weighted by Gasteiger charge is -2.05. The summed E-state index contributed by atoms with van der Waals surface area (Å²) in [5, 5.41) is 11.6. The number of ketones is 1. The topological polar surface area (TPSA) is 59.4 Å². The normalized spacial score (nSPS) is 15.0. The van der Waals surface area contributed by atoms with Crippen LogP contribution < -0.4 is 4.74 Å². The van der Waals surface area contributed by atoms with Crippen molar-refractivity contribution in [1.29, 1.82) is 0 Å². The number of carbonyl (C=O) groups excluding carboxylic acids is 1. The summed E-state index contributed by atoms with van der Waals surface area (Å²) in [6, 6.07) is 12.0. The minimum Gasteiger partial charge on any atom is -0.508 e. The van der Waals surface area contributed by atoms with Crippen LogP contribution in [0.5, 0.6) is 11.5 Å². The summed E-state index contributed by atoms with van der Waals surface area (Å²) >= 11 is 6.20. The van der Waals surface area contributed by atoms with Crippen molar-refractivity contribution in [1.82, 2.24) is 4.98 Å². The van der Waals surface area contributed by atoms with Crippen LogP contribution in [0.3, 0.4) is 0 Å². The van der Waals surface area contributed by atoms with E-state index in [-0.39, 0.29) is 17.3 Å². The molecule has 1 N–H and O–H groups in total. The first-order valence-corrected chi connectivity index (χ1v) is 7.32. The molecule has 0 radical (unpaired) electrons. The Balaban J connectivity index is 1.87. The fourth-order valence-electron chi connectivity index (χ4n) is 2.61. The molecule has 1 aliphatic heterocycles. The summed E-state index contributed by atoms with van der Waals surface area (Å²) in [7, 11) is 0. The molecule has 0 unspecified atom stereocenters. The lowest BCUT2D eigenvalue weighted by atomic mass is 10.1. The number of phenolic OH excluding ortho intramolecular Hbond substituents is 1. The maximum atomic E-state index is 12.4. The van der Waals surface area contributed by atoms with Gasteiger partial charge in [-0.1, -0.05) is 35.9 Å². The van der Waals surface area contributed by atoms with Crippen LogP contribution in [0.4, 0.5) is 0 Å². The Labute approximate surface area is 136 Å². The third-order valence-electron chi connectivity index (χ3n) is 3.72. The molecule has 0 amide bonds.